The van der Waals surface area contributed by atoms with Crippen LogP contribution in [-0.2, 0) is 0 Å². The summed E-state index contributed by atoms with van der Waals surface area (Å²) < 4.78 is 0. The Morgan fingerprint density at radius 3 is 2.56 bits per heavy atom. The van der Waals surface area contributed by atoms with Crippen LogP contribution in [0.3, 0.4) is 0 Å². The summed E-state index contributed by atoms with van der Waals surface area (Å²) in [5.74, 6) is 0.804. The van der Waals surface area contributed by atoms with Gasteiger partial charge in [-0.1, -0.05) is 68.2 Å². The second-order valence-corrected chi connectivity index (χ2v) is 5.25. The fourth-order valence-electron chi connectivity index (χ4n) is 2.82. The van der Waals surface area contributed by atoms with Crippen LogP contribution in [0.4, 0.5) is 0 Å². The van der Waals surface area contributed by atoms with Crippen molar-refractivity contribution in [2.24, 2.45) is 5.92 Å². The number of benzene rings is 1. The van der Waals surface area contributed by atoms with Crippen molar-refractivity contribution in [1.29, 1.82) is 0 Å². The number of likely N-dealkylation sites (N-methyl/N-ethyl adjacent to an activating group) is 1. The monoisotopic (exact) mass is 243 g/mol. The fraction of sp³-hybridized carbons (Fsp3) is 0.529. The van der Waals surface area contributed by atoms with E-state index < -0.39 is 0 Å². The van der Waals surface area contributed by atoms with Gasteiger partial charge in [0.05, 0.1) is 0 Å². The van der Waals surface area contributed by atoms with E-state index in [2.05, 4.69) is 48.6 Å². The molecule has 0 bridgehead atoms. The molecule has 2 rings (SSSR count). The highest BCUT2D eigenvalue weighted by atomic mass is 14.8. The molecule has 1 fully saturated rings. The molecule has 0 atom stereocenters. The number of rotatable bonds is 5. The van der Waals surface area contributed by atoms with Crippen molar-refractivity contribution in [2.75, 3.05) is 13.1 Å². The molecule has 0 amide bonds. The van der Waals surface area contributed by atoms with Crippen LogP contribution >= 0.6 is 0 Å². The molecule has 18 heavy (non-hydrogen) atoms. The third-order valence-corrected chi connectivity index (χ3v) is 3.86. The van der Waals surface area contributed by atoms with E-state index in [0.717, 1.165) is 19.0 Å². The van der Waals surface area contributed by atoms with E-state index in [1.165, 1.54) is 37.7 Å². The normalized spacial score (nSPS) is 17.9. The first-order valence-electron chi connectivity index (χ1n) is 7.36. The van der Waals surface area contributed by atoms with Crippen molar-refractivity contribution in [2.45, 2.75) is 39.0 Å². The van der Waals surface area contributed by atoms with E-state index in [1.807, 2.05) is 0 Å². The predicted octanol–water partition coefficient (Wildman–Crippen LogP) is 4.26. The lowest BCUT2D eigenvalue weighted by Gasteiger charge is -2.25. The zero-order valence-corrected chi connectivity index (χ0v) is 11.5. The maximum absolute atomic E-state index is 3.50. The van der Waals surface area contributed by atoms with Gasteiger partial charge in [0.2, 0.25) is 0 Å². The summed E-state index contributed by atoms with van der Waals surface area (Å²) in [7, 11) is 0. The first-order chi connectivity index (χ1) is 8.90. The molecule has 0 unspecified atom stereocenters. The number of hydrogen-bond donors (Lipinski definition) is 1. The quantitative estimate of drug-likeness (QED) is 0.814. The Morgan fingerprint density at radius 1 is 1.17 bits per heavy atom. The van der Waals surface area contributed by atoms with Crippen LogP contribution < -0.4 is 5.32 Å². The van der Waals surface area contributed by atoms with Crippen molar-refractivity contribution in [3.05, 3.63) is 41.5 Å². The smallest absolute Gasteiger partial charge is 0.0170 e. The average Bonchev–Trinajstić information content (AvgIpc) is 2.45. The highest BCUT2D eigenvalue weighted by molar-refractivity contribution is 5.53. The Kier molecular flexibility index (Phi) is 5.47. The van der Waals surface area contributed by atoms with E-state index in [0.29, 0.717) is 0 Å². The summed E-state index contributed by atoms with van der Waals surface area (Å²) in [6, 6.07) is 10.7. The van der Waals surface area contributed by atoms with E-state index in [1.54, 1.807) is 5.57 Å². The van der Waals surface area contributed by atoms with Crippen molar-refractivity contribution in [3.8, 4) is 0 Å². The number of hydrogen-bond acceptors (Lipinski definition) is 1. The SMILES string of the molecule is CCNCC(=Cc1ccccc1)C1CCCCC1. The summed E-state index contributed by atoms with van der Waals surface area (Å²) >= 11 is 0. The van der Waals surface area contributed by atoms with Gasteiger partial charge in [-0.15, -0.1) is 0 Å². The zero-order chi connectivity index (χ0) is 12.6. The lowest BCUT2D eigenvalue weighted by molar-refractivity contribution is 0.397. The Balaban J connectivity index is 2.10. The molecular formula is C17H25N. The van der Waals surface area contributed by atoms with Crippen molar-refractivity contribution < 1.29 is 0 Å². The van der Waals surface area contributed by atoms with Crippen LogP contribution in [0, 0.1) is 5.92 Å². The zero-order valence-electron chi connectivity index (χ0n) is 11.5. The molecule has 0 radical (unpaired) electrons. The van der Waals surface area contributed by atoms with Gasteiger partial charge in [-0.05, 0) is 30.9 Å². The Morgan fingerprint density at radius 2 is 1.89 bits per heavy atom. The Labute approximate surface area is 111 Å². The summed E-state index contributed by atoms with van der Waals surface area (Å²) in [4.78, 5) is 0. The fourth-order valence-corrected chi connectivity index (χ4v) is 2.82. The molecule has 98 valence electrons. The topological polar surface area (TPSA) is 12.0 Å². The molecule has 1 aromatic carbocycles. The Hall–Kier alpha value is -1.08. The first kappa shape index (κ1) is 13.4. The molecule has 1 saturated carbocycles. The van der Waals surface area contributed by atoms with E-state index in [-0.39, 0.29) is 0 Å². The van der Waals surface area contributed by atoms with Gasteiger partial charge >= 0.3 is 0 Å². The van der Waals surface area contributed by atoms with Gasteiger partial charge in [-0.2, -0.15) is 0 Å². The van der Waals surface area contributed by atoms with Crippen LogP contribution in [0.15, 0.2) is 35.9 Å². The molecule has 0 saturated heterocycles. The standard InChI is InChI=1S/C17H25N/c1-2-18-14-17(16-11-7-4-8-12-16)13-15-9-5-3-6-10-15/h3,5-6,9-10,13,16,18H,2,4,7-8,11-12,14H2,1H3. The molecule has 1 aliphatic rings. The number of nitrogens with one attached hydrogen (secondary N) is 1. The molecule has 1 aliphatic carbocycles. The van der Waals surface area contributed by atoms with Crippen LogP contribution in [0.1, 0.15) is 44.6 Å². The largest absolute Gasteiger partial charge is 0.313 e. The third kappa shape index (κ3) is 3.99. The molecule has 1 aromatic rings. The van der Waals surface area contributed by atoms with Crippen LogP contribution in [0.25, 0.3) is 6.08 Å². The van der Waals surface area contributed by atoms with Gasteiger partial charge in [-0.3, -0.25) is 0 Å². The summed E-state index contributed by atoms with van der Waals surface area (Å²) in [6.45, 7) is 4.29. The van der Waals surface area contributed by atoms with Gasteiger partial charge in [0.15, 0.2) is 0 Å². The molecule has 0 spiro atoms. The maximum Gasteiger partial charge on any atom is 0.0170 e. The summed E-state index contributed by atoms with van der Waals surface area (Å²) in [5, 5.41) is 3.50. The second kappa shape index (κ2) is 7.38. The molecule has 1 nitrogen and oxygen atoms in total. The minimum atomic E-state index is 0.804. The van der Waals surface area contributed by atoms with Crippen molar-refractivity contribution in [1.82, 2.24) is 5.32 Å². The molecular weight excluding hydrogens is 218 g/mol. The van der Waals surface area contributed by atoms with Crippen molar-refractivity contribution in [3.63, 3.8) is 0 Å². The first-order valence-corrected chi connectivity index (χ1v) is 7.36. The molecule has 0 aliphatic heterocycles. The van der Waals surface area contributed by atoms with Gasteiger partial charge in [-0.25, -0.2) is 0 Å². The van der Waals surface area contributed by atoms with Crippen LogP contribution in [-0.4, -0.2) is 13.1 Å². The lowest BCUT2D eigenvalue weighted by Crippen LogP contribution is -2.22. The van der Waals surface area contributed by atoms with E-state index in [4.69, 9.17) is 0 Å². The molecule has 1 heteroatoms. The minimum absolute atomic E-state index is 0.804. The van der Waals surface area contributed by atoms with Crippen LogP contribution in [0.5, 0.6) is 0 Å². The summed E-state index contributed by atoms with van der Waals surface area (Å²) in [6.07, 6.45) is 9.40. The van der Waals surface area contributed by atoms with E-state index >= 15 is 0 Å². The second-order valence-electron chi connectivity index (χ2n) is 5.25. The van der Waals surface area contributed by atoms with Gasteiger partial charge in [0.25, 0.3) is 0 Å². The van der Waals surface area contributed by atoms with Gasteiger partial charge < -0.3 is 5.32 Å². The van der Waals surface area contributed by atoms with E-state index in [9.17, 15) is 0 Å². The van der Waals surface area contributed by atoms with Gasteiger partial charge in [0, 0.05) is 6.54 Å². The predicted molar refractivity (Wildman–Crippen MR) is 79.5 cm³/mol. The molecule has 0 heterocycles. The van der Waals surface area contributed by atoms with Crippen LogP contribution in [0.2, 0.25) is 0 Å². The molecule has 0 aromatic heterocycles. The highest BCUT2D eigenvalue weighted by Gasteiger charge is 2.17. The van der Waals surface area contributed by atoms with Crippen molar-refractivity contribution >= 4 is 6.08 Å². The third-order valence-electron chi connectivity index (χ3n) is 3.86. The lowest BCUT2D eigenvalue weighted by atomic mass is 9.83. The summed E-state index contributed by atoms with van der Waals surface area (Å²) in [5.41, 5.74) is 2.94. The highest BCUT2D eigenvalue weighted by Crippen LogP contribution is 2.30. The minimum Gasteiger partial charge on any atom is -0.313 e. The molecule has 1 N–H and O–H groups in total. The maximum atomic E-state index is 3.50. The Bertz CT molecular complexity index is 360. The average molecular weight is 243 g/mol. The van der Waals surface area contributed by atoms with Gasteiger partial charge in [0.1, 0.15) is 0 Å².